The largest absolute Gasteiger partial charge is 0.460 e. The Bertz CT molecular complexity index is 383. The Kier molecular flexibility index (Phi) is 9.97. The van der Waals surface area contributed by atoms with Crippen LogP contribution in [0.4, 0.5) is 4.79 Å². The van der Waals surface area contributed by atoms with Crippen LogP contribution in [-0.4, -0.2) is 54.8 Å². The van der Waals surface area contributed by atoms with E-state index in [4.69, 9.17) is 9.47 Å². The average Bonchev–Trinajstić information content (AvgIpc) is 2.33. The molecule has 24 heavy (non-hydrogen) atoms. The van der Waals surface area contributed by atoms with Crippen molar-refractivity contribution in [3.8, 4) is 0 Å². The first-order valence-corrected chi connectivity index (χ1v) is 8.76. The summed E-state index contributed by atoms with van der Waals surface area (Å²) in [6.45, 7) is 13.4. The minimum atomic E-state index is -0.468. The lowest BCUT2D eigenvalue weighted by Gasteiger charge is -2.21. The van der Waals surface area contributed by atoms with E-state index in [1.807, 2.05) is 48.6 Å². The lowest BCUT2D eigenvalue weighted by Crippen LogP contribution is -2.37. The van der Waals surface area contributed by atoms with Crippen LogP contribution in [0.2, 0.25) is 0 Å². The zero-order valence-electron chi connectivity index (χ0n) is 16.5. The van der Waals surface area contributed by atoms with Crippen LogP contribution in [0.3, 0.4) is 0 Å². The molecule has 1 N–H and O–H groups in total. The van der Waals surface area contributed by atoms with Crippen LogP contribution >= 0.6 is 0 Å². The van der Waals surface area contributed by atoms with E-state index < -0.39 is 11.2 Å². The number of unbranched alkanes of at least 4 members (excludes halogenated alkanes) is 2. The maximum atomic E-state index is 11.6. The third-order valence-electron chi connectivity index (χ3n) is 3.00. The quantitative estimate of drug-likeness (QED) is 0.513. The molecule has 0 atom stereocenters. The molecule has 0 aromatic carbocycles. The highest BCUT2D eigenvalue weighted by molar-refractivity contribution is 5.69. The molecule has 0 unspecified atom stereocenters. The first-order valence-electron chi connectivity index (χ1n) is 8.76. The molecule has 0 saturated carbocycles. The summed E-state index contributed by atoms with van der Waals surface area (Å²) in [7, 11) is 2.02. The summed E-state index contributed by atoms with van der Waals surface area (Å²) in [6, 6.07) is 0. The molecule has 0 aromatic heterocycles. The van der Waals surface area contributed by atoms with Gasteiger partial charge in [0, 0.05) is 19.5 Å². The van der Waals surface area contributed by atoms with Gasteiger partial charge in [-0.15, -0.1) is 0 Å². The Balaban J connectivity index is 3.62. The molecular weight excluding hydrogens is 308 g/mol. The lowest BCUT2D eigenvalue weighted by molar-refractivity contribution is -0.154. The number of hydrogen-bond acceptors (Lipinski definition) is 5. The van der Waals surface area contributed by atoms with E-state index in [9.17, 15) is 9.59 Å². The van der Waals surface area contributed by atoms with Crippen molar-refractivity contribution < 1.29 is 19.1 Å². The number of alkyl carbamates (subject to hydrolysis) is 1. The third-order valence-corrected chi connectivity index (χ3v) is 3.00. The molecule has 0 aromatic rings. The first-order chi connectivity index (χ1) is 10.9. The Hall–Kier alpha value is -1.30. The minimum absolute atomic E-state index is 0.127. The summed E-state index contributed by atoms with van der Waals surface area (Å²) in [4.78, 5) is 25.2. The Morgan fingerprint density at radius 2 is 1.46 bits per heavy atom. The van der Waals surface area contributed by atoms with E-state index in [1.54, 1.807) is 0 Å². The second-order valence-corrected chi connectivity index (χ2v) is 8.13. The number of nitrogens with one attached hydrogen (secondary N) is 1. The molecule has 6 heteroatoms. The molecule has 0 fully saturated rings. The van der Waals surface area contributed by atoms with E-state index in [0.29, 0.717) is 13.0 Å². The number of hydrogen-bond donors (Lipinski definition) is 1. The van der Waals surface area contributed by atoms with Crippen LogP contribution < -0.4 is 5.32 Å². The standard InChI is InChI=1S/C18H36N2O4/c1-17(2,3)23-15(21)11-9-8-10-13-20(7)14-12-19-16(22)24-18(4,5)6/h8-14H2,1-7H3,(H,19,22). The number of carbonyl (C=O) groups excluding carboxylic acids is 2. The monoisotopic (exact) mass is 344 g/mol. The second kappa shape index (κ2) is 10.5. The van der Waals surface area contributed by atoms with Gasteiger partial charge in [-0.25, -0.2) is 4.79 Å². The van der Waals surface area contributed by atoms with Gasteiger partial charge in [-0.2, -0.15) is 0 Å². The summed E-state index contributed by atoms with van der Waals surface area (Å²) in [5.74, 6) is -0.127. The average molecular weight is 344 g/mol. The van der Waals surface area contributed by atoms with Crippen molar-refractivity contribution in [2.45, 2.75) is 78.4 Å². The van der Waals surface area contributed by atoms with Crippen molar-refractivity contribution in [3.63, 3.8) is 0 Å². The van der Waals surface area contributed by atoms with Crippen LogP contribution in [0.1, 0.15) is 67.2 Å². The van der Waals surface area contributed by atoms with Gasteiger partial charge >= 0.3 is 12.1 Å². The highest BCUT2D eigenvalue weighted by Gasteiger charge is 2.16. The number of carbonyl (C=O) groups is 2. The SMILES string of the molecule is CN(CCCCCC(=O)OC(C)(C)C)CCNC(=O)OC(C)(C)C. The molecule has 0 bridgehead atoms. The molecule has 0 rings (SSSR count). The fourth-order valence-corrected chi connectivity index (χ4v) is 2.00. The predicted octanol–water partition coefficient (Wildman–Crippen LogP) is 3.35. The number of likely N-dealkylation sites (N-methyl/N-ethyl adjacent to an activating group) is 1. The van der Waals surface area contributed by atoms with Crippen LogP contribution in [0.5, 0.6) is 0 Å². The minimum Gasteiger partial charge on any atom is -0.460 e. The maximum Gasteiger partial charge on any atom is 0.407 e. The van der Waals surface area contributed by atoms with E-state index in [0.717, 1.165) is 32.4 Å². The van der Waals surface area contributed by atoms with Crippen molar-refractivity contribution in [3.05, 3.63) is 0 Å². The molecule has 142 valence electrons. The summed E-state index contributed by atoms with van der Waals surface area (Å²) in [5.41, 5.74) is -0.872. The van der Waals surface area contributed by atoms with Gasteiger partial charge in [0.25, 0.3) is 0 Å². The summed E-state index contributed by atoms with van der Waals surface area (Å²) in [6.07, 6.45) is 2.95. The van der Waals surface area contributed by atoms with Gasteiger partial charge < -0.3 is 19.7 Å². The number of rotatable bonds is 9. The molecule has 0 radical (unpaired) electrons. The summed E-state index contributed by atoms with van der Waals surface area (Å²) < 4.78 is 10.5. The van der Waals surface area contributed by atoms with Gasteiger partial charge in [-0.3, -0.25) is 4.79 Å². The van der Waals surface area contributed by atoms with Crippen molar-refractivity contribution in [2.24, 2.45) is 0 Å². The van der Waals surface area contributed by atoms with E-state index in [2.05, 4.69) is 10.2 Å². The van der Waals surface area contributed by atoms with Gasteiger partial charge in [0.1, 0.15) is 11.2 Å². The Labute approximate surface area is 147 Å². The number of nitrogens with zero attached hydrogens (tertiary/aromatic N) is 1. The summed E-state index contributed by atoms with van der Waals surface area (Å²) >= 11 is 0. The third kappa shape index (κ3) is 15.6. The van der Waals surface area contributed by atoms with Gasteiger partial charge in [0.2, 0.25) is 0 Å². The number of amides is 1. The molecule has 0 aliphatic carbocycles. The Morgan fingerprint density at radius 1 is 0.875 bits per heavy atom. The molecule has 0 heterocycles. The molecule has 0 aliphatic heterocycles. The molecule has 0 spiro atoms. The predicted molar refractivity (Wildman–Crippen MR) is 96.0 cm³/mol. The first kappa shape index (κ1) is 22.7. The second-order valence-electron chi connectivity index (χ2n) is 8.13. The lowest BCUT2D eigenvalue weighted by atomic mass is 10.1. The van der Waals surface area contributed by atoms with Gasteiger partial charge in [0.05, 0.1) is 0 Å². The van der Waals surface area contributed by atoms with Gasteiger partial charge in [-0.05, 0) is 68.0 Å². The van der Waals surface area contributed by atoms with Crippen LogP contribution in [0.25, 0.3) is 0 Å². The molecule has 0 aliphatic rings. The van der Waals surface area contributed by atoms with Crippen molar-refractivity contribution in [2.75, 3.05) is 26.7 Å². The molecule has 1 amide bonds. The van der Waals surface area contributed by atoms with Gasteiger partial charge in [-0.1, -0.05) is 6.42 Å². The Morgan fingerprint density at radius 3 is 2.00 bits per heavy atom. The highest BCUT2D eigenvalue weighted by atomic mass is 16.6. The van der Waals surface area contributed by atoms with Crippen LogP contribution in [0.15, 0.2) is 0 Å². The highest BCUT2D eigenvalue weighted by Crippen LogP contribution is 2.10. The van der Waals surface area contributed by atoms with Crippen LogP contribution in [-0.2, 0) is 14.3 Å². The molecule has 6 nitrogen and oxygen atoms in total. The maximum absolute atomic E-state index is 11.6. The fourth-order valence-electron chi connectivity index (χ4n) is 2.00. The molecule has 0 saturated heterocycles. The van der Waals surface area contributed by atoms with Crippen LogP contribution in [0, 0.1) is 0 Å². The van der Waals surface area contributed by atoms with E-state index in [1.165, 1.54) is 0 Å². The zero-order valence-corrected chi connectivity index (χ0v) is 16.5. The molecular formula is C18H36N2O4. The zero-order chi connectivity index (χ0) is 18.8. The van der Waals surface area contributed by atoms with Crippen molar-refractivity contribution in [1.29, 1.82) is 0 Å². The fraction of sp³-hybridized carbons (Fsp3) is 0.889. The summed E-state index contributed by atoms with van der Waals surface area (Å²) in [5, 5.41) is 2.74. The number of esters is 1. The smallest absolute Gasteiger partial charge is 0.407 e. The van der Waals surface area contributed by atoms with Crippen molar-refractivity contribution in [1.82, 2.24) is 10.2 Å². The number of ether oxygens (including phenoxy) is 2. The van der Waals surface area contributed by atoms with Gasteiger partial charge in [0.15, 0.2) is 0 Å². The normalized spacial score (nSPS) is 12.2. The topological polar surface area (TPSA) is 67.9 Å². The van der Waals surface area contributed by atoms with E-state index in [-0.39, 0.29) is 12.1 Å². The van der Waals surface area contributed by atoms with E-state index >= 15 is 0 Å². The van der Waals surface area contributed by atoms with Crippen molar-refractivity contribution >= 4 is 12.1 Å².